The Kier molecular flexibility index (Phi) is 5.49. The Morgan fingerprint density at radius 3 is 2.54 bits per heavy atom. The summed E-state index contributed by atoms with van der Waals surface area (Å²) in [6.45, 7) is 4.71. The Balaban J connectivity index is 1.61. The van der Waals surface area contributed by atoms with Crippen molar-refractivity contribution in [1.82, 2.24) is 5.32 Å². The number of benzene rings is 2. The van der Waals surface area contributed by atoms with Gasteiger partial charge in [-0.3, -0.25) is 4.79 Å². The molecule has 3 rings (SSSR count). The number of ether oxygens (including phenoxy) is 1. The van der Waals surface area contributed by atoms with Gasteiger partial charge in [0.1, 0.15) is 5.75 Å². The number of carbonyl (C=O) groups is 1. The molecule has 0 aliphatic carbocycles. The fourth-order valence-corrected chi connectivity index (χ4v) is 3.05. The molecular formula is C20H24N2O2. The topological polar surface area (TPSA) is 50.4 Å². The lowest BCUT2D eigenvalue weighted by molar-refractivity contribution is 0.102. The van der Waals surface area contributed by atoms with Crippen LogP contribution in [-0.4, -0.2) is 25.6 Å². The highest BCUT2D eigenvalue weighted by atomic mass is 16.5. The van der Waals surface area contributed by atoms with E-state index in [0.29, 0.717) is 18.1 Å². The lowest BCUT2D eigenvalue weighted by Crippen LogP contribution is -2.28. The summed E-state index contributed by atoms with van der Waals surface area (Å²) in [6, 6.07) is 15.4. The molecule has 24 heavy (non-hydrogen) atoms. The highest BCUT2D eigenvalue weighted by Crippen LogP contribution is 2.24. The fraction of sp³-hybridized carbons (Fsp3) is 0.350. The third-order valence-corrected chi connectivity index (χ3v) is 4.36. The van der Waals surface area contributed by atoms with Crippen molar-refractivity contribution in [3.8, 4) is 5.75 Å². The number of hydrogen-bond acceptors (Lipinski definition) is 3. The molecule has 1 aliphatic rings. The second-order valence-electron chi connectivity index (χ2n) is 6.08. The van der Waals surface area contributed by atoms with Crippen molar-refractivity contribution in [1.29, 1.82) is 0 Å². The Morgan fingerprint density at radius 2 is 1.92 bits per heavy atom. The van der Waals surface area contributed by atoms with Crippen LogP contribution in [0.25, 0.3) is 0 Å². The summed E-state index contributed by atoms with van der Waals surface area (Å²) in [7, 11) is 0. The first kappa shape index (κ1) is 16.5. The van der Waals surface area contributed by atoms with Gasteiger partial charge in [0.2, 0.25) is 0 Å². The molecule has 1 amide bonds. The third-order valence-electron chi connectivity index (χ3n) is 4.36. The molecule has 4 heteroatoms. The van der Waals surface area contributed by atoms with Gasteiger partial charge in [-0.2, -0.15) is 0 Å². The van der Waals surface area contributed by atoms with Crippen molar-refractivity contribution >= 4 is 11.6 Å². The fourth-order valence-electron chi connectivity index (χ4n) is 3.05. The van der Waals surface area contributed by atoms with E-state index in [0.717, 1.165) is 24.5 Å². The summed E-state index contributed by atoms with van der Waals surface area (Å²) in [5.74, 6) is 1.25. The van der Waals surface area contributed by atoms with Gasteiger partial charge in [0.25, 0.3) is 5.91 Å². The summed E-state index contributed by atoms with van der Waals surface area (Å²) in [4.78, 5) is 12.3. The number of piperidine rings is 1. The molecule has 1 fully saturated rings. The third kappa shape index (κ3) is 4.15. The van der Waals surface area contributed by atoms with Crippen molar-refractivity contribution in [2.45, 2.75) is 25.7 Å². The van der Waals surface area contributed by atoms with E-state index in [4.69, 9.17) is 4.74 Å². The van der Waals surface area contributed by atoms with Gasteiger partial charge in [-0.25, -0.2) is 0 Å². The van der Waals surface area contributed by atoms with E-state index in [1.54, 1.807) is 12.1 Å². The summed E-state index contributed by atoms with van der Waals surface area (Å²) in [6.07, 6.45) is 2.45. The van der Waals surface area contributed by atoms with Crippen LogP contribution in [0.4, 0.5) is 5.69 Å². The molecule has 1 atom stereocenters. The molecule has 1 unspecified atom stereocenters. The van der Waals surface area contributed by atoms with Crippen LogP contribution in [0.15, 0.2) is 48.5 Å². The smallest absolute Gasteiger partial charge is 0.255 e. The van der Waals surface area contributed by atoms with Crippen LogP contribution in [-0.2, 0) is 0 Å². The van der Waals surface area contributed by atoms with Gasteiger partial charge in [0, 0.05) is 17.8 Å². The molecule has 2 N–H and O–H groups in total. The molecule has 0 radical (unpaired) electrons. The molecule has 126 valence electrons. The van der Waals surface area contributed by atoms with Gasteiger partial charge >= 0.3 is 0 Å². The number of amides is 1. The Hall–Kier alpha value is -2.33. The predicted octanol–water partition coefficient (Wildman–Crippen LogP) is 3.80. The standard InChI is InChI=1S/C20H24N2O2/c1-2-24-19-11-7-16(8-12-19)20(23)22-18-9-5-15(6-10-18)17-4-3-13-21-14-17/h5-12,17,21H,2-4,13-14H2,1H3,(H,22,23). The first-order valence-electron chi connectivity index (χ1n) is 8.61. The lowest BCUT2D eigenvalue weighted by atomic mass is 9.91. The molecule has 1 saturated heterocycles. The van der Waals surface area contributed by atoms with E-state index < -0.39 is 0 Å². The monoisotopic (exact) mass is 324 g/mol. The zero-order chi connectivity index (χ0) is 16.8. The number of hydrogen-bond donors (Lipinski definition) is 2. The first-order valence-corrected chi connectivity index (χ1v) is 8.61. The number of anilines is 1. The number of nitrogens with one attached hydrogen (secondary N) is 2. The van der Waals surface area contributed by atoms with Gasteiger partial charge in [0.05, 0.1) is 6.61 Å². The van der Waals surface area contributed by atoms with E-state index in [-0.39, 0.29) is 5.91 Å². The van der Waals surface area contributed by atoms with Gasteiger partial charge in [-0.1, -0.05) is 12.1 Å². The molecule has 0 saturated carbocycles. The van der Waals surface area contributed by atoms with E-state index >= 15 is 0 Å². The molecule has 2 aromatic rings. The van der Waals surface area contributed by atoms with Crippen molar-refractivity contribution in [2.75, 3.05) is 25.0 Å². The van der Waals surface area contributed by atoms with Gasteiger partial charge < -0.3 is 15.4 Å². The average molecular weight is 324 g/mol. The quantitative estimate of drug-likeness (QED) is 0.879. The van der Waals surface area contributed by atoms with Crippen LogP contribution >= 0.6 is 0 Å². The van der Waals surface area contributed by atoms with Crippen molar-refractivity contribution in [3.05, 3.63) is 59.7 Å². The SMILES string of the molecule is CCOc1ccc(C(=O)Nc2ccc(C3CCCNC3)cc2)cc1. The summed E-state index contributed by atoms with van der Waals surface area (Å²) in [5, 5.41) is 6.38. The Labute approximate surface area is 143 Å². The number of carbonyl (C=O) groups excluding carboxylic acids is 1. The second kappa shape index (κ2) is 7.97. The van der Waals surface area contributed by atoms with Crippen molar-refractivity contribution < 1.29 is 9.53 Å². The maximum Gasteiger partial charge on any atom is 0.255 e. The summed E-state index contributed by atoms with van der Waals surface area (Å²) in [5.41, 5.74) is 2.78. The number of rotatable bonds is 5. The minimum absolute atomic E-state index is 0.106. The summed E-state index contributed by atoms with van der Waals surface area (Å²) < 4.78 is 5.39. The van der Waals surface area contributed by atoms with Crippen molar-refractivity contribution in [3.63, 3.8) is 0 Å². The Bertz CT molecular complexity index is 659. The van der Waals surface area contributed by atoms with Gasteiger partial charge in [-0.15, -0.1) is 0 Å². The van der Waals surface area contributed by atoms with Crippen LogP contribution in [0.2, 0.25) is 0 Å². The van der Waals surface area contributed by atoms with Gasteiger partial charge in [0.15, 0.2) is 0 Å². The van der Waals surface area contributed by atoms with E-state index in [9.17, 15) is 4.79 Å². The first-order chi connectivity index (χ1) is 11.8. The highest BCUT2D eigenvalue weighted by Gasteiger charge is 2.15. The molecule has 1 heterocycles. The van der Waals surface area contributed by atoms with Crippen LogP contribution in [0.3, 0.4) is 0 Å². The largest absolute Gasteiger partial charge is 0.494 e. The maximum atomic E-state index is 12.3. The minimum Gasteiger partial charge on any atom is -0.494 e. The van der Waals surface area contributed by atoms with E-state index in [1.807, 2.05) is 31.2 Å². The normalized spacial score (nSPS) is 17.3. The average Bonchev–Trinajstić information content (AvgIpc) is 2.64. The molecule has 0 aromatic heterocycles. The van der Waals surface area contributed by atoms with Crippen LogP contribution in [0.1, 0.15) is 41.6 Å². The molecule has 0 bridgehead atoms. The zero-order valence-corrected chi connectivity index (χ0v) is 14.0. The molecular weight excluding hydrogens is 300 g/mol. The summed E-state index contributed by atoms with van der Waals surface area (Å²) >= 11 is 0. The Morgan fingerprint density at radius 1 is 1.17 bits per heavy atom. The van der Waals surface area contributed by atoms with Crippen LogP contribution < -0.4 is 15.4 Å². The van der Waals surface area contributed by atoms with Crippen LogP contribution in [0, 0.1) is 0 Å². The van der Waals surface area contributed by atoms with Crippen LogP contribution in [0.5, 0.6) is 5.75 Å². The molecule has 0 spiro atoms. The molecule has 1 aliphatic heterocycles. The predicted molar refractivity (Wildman–Crippen MR) is 96.9 cm³/mol. The van der Waals surface area contributed by atoms with Gasteiger partial charge in [-0.05, 0) is 74.2 Å². The van der Waals surface area contributed by atoms with E-state index in [1.165, 1.54) is 18.4 Å². The second-order valence-corrected chi connectivity index (χ2v) is 6.08. The lowest BCUT2D eigenvalue weighted by Gasteiger charge is -2.23. The van der Waals surface area contributed by atoms with Crippen molar-refractivity contribution in [2.24, 2.45) is 0 Å². The molecule has 2 aromatic carbocycles. The highest BCUT2D eigenvalue weighted by molar-refractivity contribution is 6.04. The molecule has 4 nitrogen and oxygen atoms in total. The zero-order valence-electron chi connectivity index (χ0n) is 14.0. The minimum atomic E-state index is -0.106. The van der Waals surface area contributed by atoms with E-state index in [2.05, 4.69) is 22.8 Å². The maximum absolute atomic E-state index is 12.3.